The van der Waals surface area contributed by atoms with Crippen molar-refractivity contribution in [3.8, 4) is 17.1 Å². The van der Waals surface area contributed by atoms with Gasteiger partial charge in [0.2, 0.25) is 5.88 Å². The van der Waals surface area contributed by atoms with Crippen molar-refractivity contribution in [2.75, 3.05) is 20.3 Å². The summed E-state index contributed by atoms with van der Waals surface area (Å²) in [6.07, 6.45) is 0.892. The highest BCUT2D eigenvalue weighted by atomic mass is 19.1. The van der Waals surface area contributed by atoms with Crippen LogP contribution in [0.1, 0.15) is 17.2 Å². The first-order valence-corrected chi connectivity index (χ1v) is 10.9. The van der Waals surface area contributed by atoms with Gasteiger partial charge in [-0.15, -0.1) is 5.10 Å². The number of rotatable bonds is 6. The zero-order valence-electron chi connectivity index (χ0n) is 18.8. The van der Waals surface area contributed by atoms with E-state index in [0.29, 0.717) is 16.9 Å². The predicted molar refractivity (Wildman–Crippen MR) is 121 cm³/mol. The van der Waals surface area contributed by atoms with Crippen LogP contribution in [0.2, 0.25) is 0 Å². The molecule has 0 spiro atoms. The number of nitrogens with zero attached hydrogens (tertiary/aromatic N) is 5. The molecule has 0 aliphatic carbocycles. The molecule has 4 heterocycles. The van der Waals surface area contributed by atoms with E-state index in [4.69, 9.17) is 14.2 Å². The molecule has 4 aromatic rings. The molecule has 34 heavy (non-hydrogen) atoms. The molecule has 176 valence electrons. The molecule has 1 aliphatic rings. The molecule has 1 aromatic carbocycles. The minimum Gasteiger partial charge on any atom is -0.481 e. The van der Waals surface area contributed by atoms with Gasteiger partial charge in [-0.1, -0.05) is 35.0 Å². The largest absolute Gasteiger partial charge is 0.481 e. The van der Waals surface area contributed by atoms with Crippen molar-refractivity contribution in [2.24, 2.45) is 0 Å². The first-order valence-electron chi connectivity index (χ1n) is 10.9. The van der Waals surface area contributed by atoms with Gasteiger partial charge < -0.3 is 19.3 Å². The molecule has 1 fully saturated rings. The van der Waals surface area contributed by atoms with Crippen LogP contribution in [0.25, 0.3) is 22.3 Å². The Hall–Kier alpha value is -3.47. The van der Waals surface area contributed by atoms with E-state index in [1.165, 1.54) is 12.7 Å². The molecule has 9 nitrogen and oxygen atoms in total. The third kappa shape index (κ3) is 4.47. The quantitative estimate of drug-likeness (QED) is 0.464. The Morgan fingerprint density at radius 2 is 1.94 bits per heavy atom. The van der Waals surface area contributed by atoms with E-state index >= 15 is 0 Å². The molecule has 0 saturated carbocycles. The molecule has 3 aromatic heterocycles. The smallest absolute Gasteiger partial charge is 0.213 e. The lowest BCUT2D eigenvalue weighted by atomic mass is 10.1. The second kappa shape index (κ2) is 9.41. The SMILES string of the molecule is COc1ccc2ncc(F)c(CC(O)C3OCC(n4cc(-c5ccc(C)cc5)nn4)CO3)c2n1. The van der Waals surface area contributed by atoms with Gasteiger partial charge in [-0.05, 0) is 13.0 Å². The fourth-order valence-corrected chi connectivity index (χ4v) is 3.89. The number of aromatic nitrogens is 5. The summed E-state index contributed by atoms with van der Waals surface area (Å²) < 4.78 is 32.9. The Labute approximate surface area is 195 Å². The van der Waals surface area contributed by atoms with Crippen LogP contribution in [0.3, 0.4) is 0 Å². The maximum absolute atomic E-state index is 14.6. The molecule has 10 heteroatoms. The van der Waals surface area contributed by atoms with E-state index in [1.54, 1.807) is 16.8 Å². The van der Waals surface area contributed by atoms with Crippen LogP contribution in [0, 0.1) is 12.7 Å². The summed E-state index contributed by atoms with van der Waals surface area (Å²) in [7, 11) is 1.48. The molecule has 0 amide bonds. The second-order valence-electron chi connectivity index (χ2n) is 8.22. The van der Waals surface area contributed by atoms with Crippen LogP contribution in [-0.2, 0) is 15.9 Å². The molecule has 1 saturated heterocycles. The van der Waals surface area contributed by atoms with E-state index < -0.39 is 18.2 Å². The number of aryl methyl sites for hydroxylation is 1. The van der Waals surface area contributed by atoms with E-state index in [-0.39, 0.29) is 31.2 Å². The fraction of sp³-hybridized carbons (Fsp3) is 0.333. The van der Waals surface area contributed by atoms with Crippen molar-refractivity contribution in [2.45, 2.75) is 31.8 Å². The number of hydrogen-bond donors (Lipinski definition) is 1. The number of halogens is 1. The highest BCUT2D eigenvalue weighted by Crippen LogP contribution is 2.26. The van der Waals surface area contributed by atoms with E-state index in [0.717, 1.165) is 17.5 Å². The molecule has 1 unspecified atom stereocenters. The third-order valence-electron chi connectivity index (χ3n) is 5.81. The van der Waals surface area contributed by atoms with Gasteiger partial charge in [0, 0.05) is 23.6 Å². The van der Waals surface area contributed by atoms with Crippen molar-refractivity contribution in [3.63, 3.8) is 0 Å². The van der Waals surface area contributed by atoms with Crippen LogP contribution >= 0.6 is 0 Å². The number of ether oxygens (including phenoxy) is 3. The van der Waals surface area contributed by atoms with Crippen molar-refractivity contribution in [1.29, 1.82) is 0 Å². The molecule has 0 radical (unpaired) electrons. The Kier molecular flexibility index (Phi) is 6.18. The number of hydrogen-bond acceptors (Lipinski definition) is 8. The van der Waals surface area contributed by atoms with E-state index in [1.807, 2.05) is 37.4 Å². The summed E-state index contributed by atoms with van der Waals surface area (Å²) in [6.45, 7) is 2.56. The van der Waals surface area contributed by atoms with Gasteiger partial charge in [0.15, 0.2) is 6.29 Å². The Bertz CT molecular complexity index is 1290. The summed E-state index contributed by atoms with van der Waals surface area (Å²) in [5.74, 6) is -0.228. The van der Waals surface area contributed by atoms with Gasteiger partial charge in [-0.25, -0.2) is 14.1 Å². The Morgan fingerprint density at radius 3 is 2.68 bits per heavy atom. The lowest BCUT2D eigenvalue weighted by molar-refractivity contribution is -0.236. The van der Waals surface area contributed by atoms with Crippen molar-refractivity contribution in [1.82, 2.24) is 25.0 Å². The first kappa shape index (κ1) is 22.3. The standard InChI is InChI=1S/C24H24FN5O4/c1-14-3-5-15(6-4-14)20-11-30(29-28-20)16-12-33-24(34-13-16)21(31)9-17-18(25)10-26-19-7-8-22(32-2)27-23(17)19/h3-8,10-11,16,21,24,31H,9,12-13H2,1-2H3. The summed E-state index contributed by atoms with van der Waals surface area (Å²) in [4.78, 5) is 8.36. The lowest BCUT2D eigenvalue weighted by Crippen LogP contribution is -2.41. The first-order chi connectivity index (χ1) is 16.5. The second-order valence-corrected chi connectivity index (χ2v) is 8.22. The van der Waals surface area contributed by atoms with E-state index in [2.05, 4.69) is 20.3 Å². The lowest BCUT2D eigenvalue weighted by Gasteiger charge is -2.32. The van der Waals surface area contributed by atoms with Gasteiger partial charge in [0.25, 0.3) is 0 Å². The third-order valence-corrected chi connectivity index (χ3v) is 5.81. The number of methoxy groups -OCH3 is 1. The molecular weight excluding hydrogens is 441 g/mol. The average Bonchev–Trinajstić information content (AvgIpc) is 3.36. The zero-order valence-corrected chi connectivity index (χ0v) is 18.8. The minimum atomic E-state index is -1.10. The number of aliphatic hydroxyl groups is 1. The Morgan fingerprint density at radius 1 is 1.18 bits per heavy atom. The maximum atomic E-state index is 14.6. The average molecular weight is 465 g/mol. The molecule has 5 rings (SSSR count). The molecule has 1 aliphatic heterocycles. The van der Waals surface area contributed by atoms with Gasteiger partial charge in [-0.2, -0.15) is 0 Å². The highest BCUT2D eigenvalue weighted by Gasteiger charge is 2.31. The van der Waals surface area contributed by atoms with Crippen LogP contribution in [0.15, 0.2) is 48.8 Å². The van der Waals surface area contributed by atoms with Gasteiger partial charge in [0.1, 0.15) is 23.7 Å². The highest BCUT2D eigenvalue weighted by molar-refractivity contribution is 5.78. The van der Waals surface area contributed by atoms with Crippen molar-refractivity contribution >= 4 is 11.0 Å². The van der Waals surface area contributed by atoms with Gasteiger partial charge in [0.05, 0.1) is 43.8 Å². The predicted octanol–water partition coefficient (Wildman–Crippen LogP) is 2.86. The number of benzene rings is 1. The molecule has 1 N–H and O–H groups in total. The van der Waals surface area contributed by atoms with Crippen molar-refractivity contribution < 1.29 is 23.7 Å². The zero-order chi connectivity index (χ0) is 23.7. The summed E-state index contributed by atoms with van der Waals surface area (Å²) >= 11 is 0. The van der Waals surface area contributed by atoms with Gasteiger partial charge >= 0.3 is 0 Å². The van der Waals surface area contributed by atoms with Crippen molar-refractivity contribution in [3.05, 3.63) is 65.7 Å². The summed E-state index contributed by atoms with van der Waals surface area (Å²) in [6, 6.07) is 11.2. The number of pyridine rings is 2. The van der Waals surface area contributed by atoms with Crippen LogP contribution in [0.5, 0.6) is 5.88 Å². The summed E-state index contributed by atoms with van der Waals surface area (Å²) in [5.41, 5.74) is 3.96. The fourth-order valence-electron chi connectivity index (χ4n) is 3.89. The Balaban J connectivity index is 1.25. The maximum Gasteiger partial charge on any atom is 0.213 e. The molecular formula is C24H24FN5O4. The number of aliphatic hydroxyl groups excluding tert-OH is 1. The topological polar surface area (TPSA) is 104 Å². The number of fused-ring (bicyclic) bond motifs is 1. The van der Waals surface area contributed by atoms with E-state index in [9.17, 15) is 9.50 Å². The minimum absolute atomic E-state index is 0.0543. The van der Waals surface area contributed by atoms with Gasteiger partial charge in [-0.3, -0.25) is 4.98 Å². The normalized spacial score (nSPS) is 19.3. The van der Waals surface area contributed by atoms with Crippen LogP contribution in [-0.4, -0.2) is 62.8 Å². The molecule has 1 atom stereocenters. The molecule has 0 bridgehead atoms. The van der Waals surface area contributed by atoms with Crippen LogP contribution in [0.4, 0.5) is 4.39 Å². The van der Waals surface area contributed by atoms with Crippen LogP contribution < -0.4 is 4.74 Å². The monoisotopic (exact) mass is 465 g/mol. The summed E-state index contributed by atoms with van der Waals surface area (Å²) in [5, 5.41) is 19.2.